The highest BCUT2D eigenvalue weighted by Crippen LogP contribution is 2.53. The summed E-state index contributed by atoms with van der Waals surface area (Å²) in [7, 11) is -1.44. The molecular formula is C14H25N2O8P. The Morgan fingerprint density at radius 1 is 1.28 bits per heavy atom. The summed E-state index contributed by atoms with van der Waals surface area (Å²) in [5.74, 6) is -1.65. The van der Waals surface area contributed by atoms with Crippen molar-refractivity contribution >= 4 is 25.6 Å². The van der Waals surface area contributed by atoms with Crippen molar-refractivity contribution in [3.63, 3.8) is 0 Å². The summed E-state index contributed by atoms with van der Waals surface area (Å²) in [5.41, 5.74) is -0.764. The second-order valence-corrected chi connectivity index (χ2v) is 7.96. The first-order valence-corrected chi connectivity index (χ1v) is 9.22. The van der Waals surface area contributed by atoms with Gasteiger partial charge in [0.2, 0.25) is 5.91 Å². The lowest BCUT2D eigenvalue weighted by atomic mass is 9.87. The Morgan fingerprint density at radius 2 is 1.92 bits per heavy atom. The zero-order chi connectivity index (χ0) is 19.3. The highest BCUT2D eigenvalue weighted by molar-refractivity contribution is 7.51. The molecule has 0 aromatic carbocycles. The van der Waals surface area contributed by atoms with Gasteiger partial charge in [0, 0.05) is 12.0 Å². The number of methoxy groups -OCH3 is 2. The van der Waals surface area contributed by atoms with Gasteiger partial charge >= 0.3 is 19.7 Å². The van der Waals surface area contributed by atoms with Gasteiger partial charge in [0.25, 0.3) is 0 Å². The van der Waals surface area contributed by atoms with E-state index >= 15 is 0 Å². The Labute approximate surface area is 146 Å². The van der Waals surface area contributed by atoms with E-state index in [9.17, 15) is 18.9 Å². The molecule has 10 nitrogen and oxygen atoms in total. The zero-order valence-electron chi connectivity index (χ0n) is 15.0. The molecule has 3 atom stereocenters. The molecular weight excluding hydrogens is 355 g/mol. The summed E-state index contributed by atoms with van der Waals surface area (Å²) < 4.78 is 32.3. The third kappa shape index (κ3) is 6.07. The van der Waals surface area contributed by atoms with Gasteiger partial charge in [-0.2, -0.15) is 0 Å². The number of esters is 2. The second-order valence-electron chi connectivity index (χ2n) is 6.24. The average molecular weight is 380 g/mol. The minimum atomic E-state index is -3.89. The van der Waals surface area contributed by atoms with Crippen LogP contribution in [0.3, 0.4) is 0 Å². The maximum Gasteiger partial charge on any atom is 0.407 e. The molecule has 2 N–H and O–H groups in total. The van der Waals surface area contributed by atoms with Crippen LogP contribution in [0.2, 0.25) is 0 Å². The summed E-state index contributed by atoms with van der Waals surface area (Å²) in [4.78, 5) is 34.9. The summed E-state index contributed by atoms with van der Waals surface area (Å²) >= 11 is 0. The Bertz CT molecular complexity index is 565. The number of hydrogen-bond donors (Lipinski definition) is 2. The van der Waals surface area contributed by atoms with Gasteiger partial charge in [-0.25, -0.2) is 9.65 Å². The highest BCUT2D eigenvalue weighted by atomic mass is 31.2. The number of carbonyl (C=O) groups excluding carboxylic acids is 3. The van der Waals surface area contributed by atoms with Crippen LogP contribution in [0.25, 0.3) is 0 Å². The number of amides is 1. The van der Waals surface area contributed by atoms with E-state index in [4.69, 9.17) is 9.05 Å². The van der Waals surface area contributed by atoms with Gasteiger partial charge in [0.15, 0.2) is 6.10 Å². The molecule has 1 aliphatic rings. The molecule has 1 unspecified atom stereocenters. The number of ether oxygens (including phenoxy) is 2. The first-order chi connectivity index (χ1) is 11.5. The summed E-state index contributed by atoms with van der Waals surface area (Å²) in [6.07, 6.45) is -1.09. The quantitative estimate of drug-likeness (QED) is 0.475. The SMILES string of the molecule is COC(=O)CCNC(=O)[C@@H]1OP(=O)(N[C@@H](C)C(=O)OC)OCC1(C)C. The molecule has 1 rings (SSSR count). The Morgan fingerprint density at radius 3 is 2.48 bits per heavy atom. The lowest BCUT2D eigenvalue weighted by Crippen LogP contribution is -2.51. The summed E-state index contributed by atoms with van der Waals surface area (Å²) in [6, 6.07) is -0.944. The number of nitrogens with one attached hydrogen (secondary N) is 2. The largest absolute Gasteiger partial charge is 0.469 e. The Hall–Kier alpha value is -1.48. The van der Waals surface area contributed by atoms with Crippen molar-refractivity contribution in [2.45, 2.75) is 39.3 Å². The molecule has 1 saturated heterocycles. The van der Waals surface area contributed by atoms with Crippen molar-refractivity contribution in [3.8, 4) is 0 Å². The topological polar surface area (TPSA) is 129 Å². The van der Waals surface area contributed by atoms with Crippen LogP contribution in [0.4, 0.5) is 0 Å². The van der Waals surface area contributed by atoms with Crippen LogP contribution in [0, 0.1) is 5.41 Å². The van der Waals surface area contributed by atoms with E-state index in [1.54, 1.807) is 13.8 Å². The van der Waals surface area contributed by atoms with E-state index in [-0.39, 0.29) is 19.6 Å². The predicted octanol–water partition coefficient (Wildman–Crippen LogP) is 0.367. The molecule has 1 amide bonds. The lowest BCUT2D eigenvalue weighted by molar-refractivity contribution is -0.142. The van der Waals surface area contributed by atoms with Gasteiger partial charge < -0.3 is 14.8 Å². The summed E-state index contributed by atoms with van der Waals surface area (Å²) in [6.45, 7) is 4.89. The highest BCUT2D eigenvalue weighted by Gasteiger charge is 2.48. The molecule has 1 aliphatic heterocycles. The molecule has 25 heavy (non-hydrogen) atoms. The predicted molar refractivity (Wildman–Crippen MR) is 86.5 cm³/mol. The number of carbonyl (C=O) groups is 3. The van der Waals surface area contributed by atoms with Gasteiger partial charge in [0.05, 0.1) is 27.2 Å². The lowest BCUT2D eigenvalue weighted by Gasteiger charge is -2.40. The molecule has 11 heteroatoms. The fourth-order valence-corrected chi connectivity index (χ4v) is 4.00. The summed E-state index contributed by atoms with van der Waals surface area (Å²) in [5, 5.41) is 4.97. The van der Waals surface area contributed by atoms with Gasteiger partial charge in [-0.15, -0.1) is 0 Å². The van der Waals surface area contributed by atoms with Crippen LogP contribution in [0.5, 0.6) is 0 Å². The Balaban J connectivity index is 2.75. The van der Waals surface area contributed by atoms with Crippen molar-refractivity contribution < 1.29 is 37.5 Å². The van der Waals surface area contributed by atoms with Crippen LogP contribution in [0.15, 0.2) is 0 Å². The van der Waals surface area contributed by atoms with E-state index in [1.165, 1.54) is 21.1 Å². The third-order valence-electron chi connectivity index (χ3n) is 3.56. The van der Waals surface area contributed by atoms with Gasteiger partial charge in [-0.3, -0.25) is 23.4 Å². The zero-order valence-corrected chi connectivity index (χ0v) is 15.9. The van der Waals surface area contributed by atoms with E-state index in [1.807, 2.05) is 0 Å². The van der Waals surface area contributed by atoms with Gasteiger partial charge in [-0.1, -0.05) is 13.8 Å². The van der Waals surface area contributed by atoms with Crippen LogP contribution in [-0.2, 0) is 37.5 Å². The standard InChI is InChI=1S/C14H25N2O8P/c1-9(13(19)22-5)16-25(20)23-8-14(2,3)11(24-25)12(18)15-7-6-10(17)21-4/h9,11H,6-8H2,1-5H3,(H,15,18)(H,16,20)/t9-,11-,25?/m0/s1. The first-order valence-electron chi connectivity index (χ1n) is 7.68. The van der Waals surface area contributed by atoms with Crippen LogP contribution in [0.1, 0.15) is 27.2 Å². The van der Waals surface area contributed by atoms with Crippen LogP contribution in [-0.4, -0.2) is 57.4 Å². The van der Waals surface area contributed by atoms with Gasteiger partial charge in [0.1, 0.15) is 6.04 Å². The van der Waals surface area contributed by atoms with Crippen molar-refractivity contribution in [1.29, 1.82) is 0 Å². The monoisotopic (exact) mass is 380 g/mol. The van der Waals surface area contributed by atoms with E-state index in [0.717, 1.165) is 0 Å². The van der Waals surface area contributed by atoms with Crippen molar-refractivity contribution in [2.75, 3.05) is 27.4 Å². The van der Waals surface area contributed by atoms with Crippen LogP contribution < -0.4 is 10.4 Å². The van der Waals surface area contributed by atoms with E-state index in [0.29, 0.717) is 0 Å². The molecule has 0 spiro atoms. The number of hydrogen-bond acceptors (Lipinski definition) is 8. The fourth-order valence-electron chi connectivity index (χ4n) is 2.06. The Kier molecular flexibility index (Phi) is 7.55. The molecule has 1 fully saturated rings. The molecule has 0 radical (unpaired) electrons. The minimum Gasteiger partial charge on any atom is -0.469 e. The molecule has 1 heterocycles. The molecule has 0 saturated carbocycles. The maximum absolute atomic E-state index is 12.7. The number of rotatable bonds is 7. The average Bonchev–Trinajstić information content (AvgIpc) is 2.56. The third-order valence-corrected chi connectivity index (χ3v) is 5.22. The van der Waals surface area contributed by atoms with E-state index < -0.39 is 43.2 Å². The molecule has 0 aromatic heterocycles. The molecule has 0 aromatic rings. The van der Waals surface area contributed by atoms with Gasteiger partial charge in [-0.05, 0) is 6.92 Å². The second kappa shape index (κ2) is 8.75. The molecule has 0 aliphatic carbocycles. The molecule has 0 bridgehead atoms. The first kappa shape index (κ1) is 21.6. The minimum absolute atomic E-state index is 0.00116. The maximum atomic E-state index is 12.7. The molecule has 144 valence electrons. The van der Waals surface area contributed by atoms with E-state index in [2.05, 4.69) is 19.9 Å². The van der Waals surface area contributed by atoms with Crippen molar-refractivity contribution in [3.05, 3.63) is 0 Å². The smallest absolute Gasteiger partial charge is 0.407 e. The van der Waals surface area contributed by atoms with Crippen molar-refractivity contribution in [1.82, 2.24) is 10.4 Å². The van der Waals surface area contributed by atoms with Crippen molar-refractivity contribution in [2.24, 2.45) is 5.41 Å². The normalized spacial score (nSPS) is 26.4. The fraction of sp³-hybridized carbons (Fsp3) is 0.786. The van der Waals surface area contributed by atoms with Crippen LogP contribution >= 0.6 is 7.75 Å².